The van der Waals surface area contributed by atoms with E-state index >= 15 is 0 Å². The van der Waals surface area contributed by atoms with Gasteiger partial charge in [0.2, 0.25) is 10.0 Å². The SMILES string of the molecule is CCC(C)(CCBr)NS(=O)(=O)c1cccc(Br)c1. The zero-order valence-electron chi connectivity index (χ0n) is 10.4. The molecule has 0 aliphatic heterocycles. The standard InChI is InChI=1S/C12H17Br2NO2S/c1-3-12(2,7-8-13)15-18(16,17)11-6-4-5-10(14)9-11/h4-6,9,15H,3,7-8H2,1-2H3. The van der Waals surface area contributed by atoms with Crippen molar-refractivity contribution in [1.29, 1.82) is 0 Å². The third-order valence-corrected chi connectivity index (χ3v) is 5.44. The molecular formula is C12H17Br2NO2S. The molecule has 6 heteroatoms. The molecule has 0 saturated carbocycles. The van der Waals surface area contributed by atoms with E-state index in [1.54, 1.807) is 24.3 Å². The summed E-state index contributed by atoms with van der Waals surface area (Å²) in [5, 5.41) is 0.762. The van der Waals surface area contributed by atoms with Gasteiger partial charge in [0.1, 0.15) is 0 Å². The Balaban J connectivity index is 3.01. The first-order chi connectivity index (χ1) is 8.33. The maximum atomic E-state index is 12.3. The first-order valence-electron chi connectivity index (χ1n) is 5.68. The van der Waals surface area contributed by atoms with Crippen LogP contribution in [0.5, 0.6) is 0 Å². The van der Waals surface area contributed by atoms with Crippen molar-refractivity contribution in [3.63, 3.8) is 0 Å². The molecule has 0 saturated heterocycles. The molecule has 1 atom stereocenters. The van der Waals surface area contributed by atoms with Gasteiger partial charge in [-0.15, -0.1) is 0 Å². The summed E-state index contributed by atoms with van der Waals surface area (Å²) in [4.78, 5) is 0.283. The van der Waals surface area contributed by atoms with E-state index in [0.717, 1.165) is 22.6 Å². The van der Waals surface area contributed by atoms with E-state index in [0.29, 0.717) is 0 Å². The summed E-state index contributed by atoms with van der Waals surface area (Å²) in [6.07, 6.45) is 1.49. The summed E-state index contributed by atoms with van der Waals surface area (Å²) < 4.78 is 28.1. The second-order valence-electron chi connectivity index (χ2n) is 4.42. The highest BCUT2D eigenvalue weighted by Crippen LogP contribution is 2.22. The van der Waals surface area contributed by atoms with Crippen molar-refractivity contribution in [2.24, 2.45) is 0 Å². The first-order valence-corrected chi connectivity index (χ1v) is 9.08. The van der Waals surface area contributed by atoms with Crippen LogP contribution in [0.1, 0.15) is 26.7 Å². The lowest BCUT2D eigenvalue weighted by Gasteiger charge is -2.28. The molecule has 1 unspecified atom stereocenters. The average Bonchev–Trinajstić information content (AvgIpc) is 2.28. The number of benzene rings is 1. The van der Waals surface area contributed by atoms with Crippen LogP contribution < -0.4 is 4.72 Å². The summed E-state index contributed by atoms with van der Waals surface area (Å²) in [6.45, 7) is 3.90. The second kappa shape index (κ2) is 6.50. The minimum atomic E-state index is -3.48. The van der Waals surface area contributed by atoms with Crippen LogP contribution in [0.4, 0.5) is 0 Å². The summed E-state index contributed by atoms with van der Waals surface area (Å²) >= 11 is 6.64. The van der Waals surface area contributed by atoms with Crippen LogP contribution in [-0.4, -0.2) is 19.3 Å². The van der Waals surface area contributed by atoms with Crippen molar-refractivity contribution in [3.05, 3.63) is 28.7 Å². The fourth-order valence-corrected chi connectivity index (χ4v) is 4.50. The van der Waals surface area contributed by atoms with Crippen LogP contribution >= 0.6 is 31.9 Å². The average molecular weight is 399 g/mol. The predicted molar refractivity (Wildman–Crippen MR) is 81.6 cm³/mol. The zero-order chi connectivity index (χ0) is 13.8. The first kappa shape index (κ1) is 16.1. The number of hydrogen-bond acceptors (Lipinski definition) is 2. The van der Waals surface area contributed by atoms with Crippen molar-refractivity contribution in [2.45, 2.75) is 37.1 Å². The highest BCUT2D eigenvalue weighted by Gasteiger charge is 2.28. The van der Waals surface area contributed by atoms with Crippen LogP contribution in [0.15, 0.2) is 33.6 Å². The van der Waals surface area contributed by atoms with Crippen LogP contribution in [0.3, 0.4) is 0 Å². The van der Waals surface area contributed by atoms with E-state index in [4.69, 9.17) is 0 Å². The highest BCUT2D eigenvalue weighted by molar-refractivity contribution is 9.10. The Morgan fingerprint density at radius 1 is 1.39 bits per heavy atom. The molecule has 3 nitrogen and oxygen atoms in total. The van der Waals surface area contributed by atoms with Gasteiger partial charge in [-0.1, -0.05) is 44.8 Å². The van der Waals surface area contributed by atoms with Gasteiger partial charge in [-0.3, -0.25) is 0 Å². The fourth-order valence-electron chi connectivity index (χ4n) is 1.53. The third kappa shape index (κ3) is 4.33. The van der Waals surface area contributed by atoms with Crippen LogP contribution in [0.25, 0.3) is 0 Å². The molecule has 0 bridgehead atoms. The molecule has 0 spiro atoms. The van der Waals surface area contributed by atoms with Gasteiger partial charge in [0, 0.05) is 15.3 Å². The maximum absolute atomic E-state index is 12.3. The molecule has 0 fully saturated rings. The Labute approximate surface area is 126 Å². The van der Waals surface area contributed by atoms with E-state index in [1.165, 1.54) is 0 Å². The molecule has 1 rings (SSSR count). The van der Waals surface area contributed by atoms with E-state index in [9.17, 15) is 8.42 Å². The minimum Gasteiger partial charge on any atom is -0.207 e. The third-order valence-electron chi connectivity index (χ3n) is 2.91. The Kier molecular flexibility index (Phi) is 5.83. The van der Waals surface area contributed by atoms with Gasteiger partial charge in [0.25, 0.3) is 0 Å². The molecule has 1 aromatic carbocycles. The molecule has 0 aromatic heterocycles. The Morgan fingerprint density at radius 3 is 2.56 bits per heavy atom. The van der Waals surface area contributed by atoms with Crippen molar-refractivity contribution < 1.29 is 8.42 Å². The summed E-state index contributed by atoms with van der Waals surface area (Å²) in [7, 11) is -3.48. The minimum absolute atomic E-state index is 0.283. The molecule has 102 valence electrons. The van der Waals surface area contributed by atoms with Crippen molar-refractivity contribution in [1.82, 2.24) is 4.72 Å². The van der Waals surface area contributed by atoms with Crippen molar-refractivity contribution in [2.75, 3.05) is 5.33 Å². The lowest BCUT2D eigenvalue weighted by atomic mass is 9.98. The van der Waals surface area contributed by atoms with Crippen LogP contribution in [0, 0.1) is 0 Å². The molecule has 0 heterocycles. The fraction of sp³-hybridized carbons (Fsp3) is 0.500. The predicted octanol–water partition coefficient (Wildman–Crippen LogP) is 3.68. The normalized spacial score (nSPS) is 15.3. The van der Waals surface area contributed by atoms with Crippen LogP contribution in [0.2, 0.25) is 0 Å². The topological polar surface area (TPSA) is 46.2 Å². The van der Waals surface area contributed by atoms with Crippen LogP contribution in [-0.2, 0) is 10.0 Å². The number of halogens is 2. The lowest BCUT2D eigenvalue weighted by Crippen LogP contribution is -2.45. The van der Waals surface area contributed by atoms with Gasteiger partial charge in [-0.05, 0) is 38.0 Å². The van der Waals surface area contributed by atoms with Crippen molar-refractivity contribution >= 4 is 41.9 Å². The van der Waals surface area contributed by atoms with Gasteiger partial charge in [-0.25, -0.2) is 13.1 Å². The highest BCUT2D eigenvalue weighted by atomic mass is 79.9. The zero-order valence-corrected chi connectivity index (χ0v) is 14.4. The Bertz CT molecular complexity index is 505. The molecule has 0 aliphatic rings. The van der Waals surface area contributed by atoms with E-state index < -0.39 is 15.6 Å². The molecule has 0 aliphatic carbocycles. The summed E-state index contributed by atoms with van der Waals surface area (Å²) in [5.41, 5.74) is -0.426. The largest absolute Gasteiger partial charge is 0.241 e. The quantitative estimate of drug-likeness (QED) is 0.742. The van der Waals surface area contributed by atoms with E-state index in [2.05, 4.69) is 36.6 Å². The number of hydrogen-bond donors (Lipinski definition) is 1. The molecule has 1 N–H and O–H groups in total. The number of rotatable bonds is 6. The molecule has 0 amide bonds. The number of alkyl halides is 1. The van der Waals surface area contributed by atoms with Crippen molar-refractivity contribution in [3.8, 4) is 0 Å². The Morgan fingerprint density at radius 2 is 2.06 bits per heavy atom. The molecular weight excluding hydrogens is 382 g/mol. The maximum Gasteiger partial charge on any atom is 0.241 e. The van der Waals surface area contributed by atoms with Gasteiger partial charge in [-0.2, -0.15) is 0 Å². The van der Waals surface area contributed by atoms with Gasteiger partial charge in [0.15, 0.2) is 0 Å². The van der Waals surface area contributed by atoms with Gasteiger partial charge in [0.05, 0.1) is 4.90 Å². The molecule has 1 aromatic rings. The Hall–Kier alpha value is 0.0900. The van der Waals surface area contributed by atoms with E-state index in [1.807, 2.05) is 13.8 Å². The monoisotopic (exact) mass is 397 g/mol. The molecule has 0 radical (unpaired) electrons. The summed E-state index contributed by atoms with van der Waals surface area (Å²) in [5.74, 6) is 0. The smallest absolute Gasteiger partial charge is 0.207 e. The second-order valence-corrected chi connectivity index (χ2v) is 7.81. The van der Waals surface area contributed by atoms with Gasteiger partial charge < -0.3 is 0 Å². The number of nitrogens with one attached hydrogen (secondary N) is 1. The molecule has 18 heavy (non-hydrogen) atoms. The lowest BCUT2D eigenvalue weighted by molar-refractivity contribution is 0.392. The van der Waals surface area contributed by atoms with E-state index in [-0.39, 0.29) is 4.90 Å². The summed E-state index contributed by atoms with van der Waals surface area (Å²) in [6, 6.07) is 6.72. The van der Waals surface area contributed by atoms with Gasteiger partial charge >= 0.3 is 0 Å². The number of sulfonamides is 1.